The summed E-state index contributed by atoms with van der Waals surface area (Å²) >= 11 is 0. The molecule has 1 atom stereocenters. The summed E-state index contributed by atoms with van der Waals surface area (Å²) in [4.78, 5) is 23.7. The Hall–Kier alpha value is -1.06. The molecule has 0 aromatic rings. The molecular weight excluding hydrogens is 436 g/mol. The van der Waals surface area contributed by atoms with Gasteiger partial charge in [-0.2, -0.15) is 0 Å². The molecule has 0 spiro atoms. The van der Waals surface area contributed by atoms with Crippen LogP contribution in [0.1, 0.15) is 168 Å². The largest absolute Gasteiger partial charge is 0.466 e. The zero-order valence-electron chi connectivity index (χ0n) is 23.9. The summed E-state index contributed by atoms with van der Waals surface area (Å²) in [5.41, 5.74) is 0. The standard InChI is InChI=1S/C31H60O4/c1-4-7-9-22-26-34-30(32)25-21-19-17-15-13-11-12-14-16-18-20-24-29(6-3)28-31(33)35-27-23-10-8-5-2/h29H,4-28H2,1-3H3. The number of esters is 2. The van der Waals surface area contributed by atoms with Gasteiger partial charge >= 0.3 is 11.9 Å². The highest BCUT2D eigenvalue weighted by Gasteiger charge is 2.13. The Morgan fingerprint density at radius 1 is 0.514 bits per heavy atom. The molecule has 0 aromatic heterocycles. The SMILES string of the molecule is CCCCCCOC(=O)CCCCCCCCCCCCCC(CC)CC(=O)OCCCCCC. The van der Waals surface area contributed by atoms with Crippen LogP contribution in [0.15, 0.2) is 0 Å². The van der Waals surface area contributed by atoms with Crippen LogP contribution in [0.5, 0.6) is 0 Å². The van der Waals surface area contributed by atoms with E-state index >= 15 is 0 Å². The highest BCUT2D eigenvalue weighted by Crippen LogP contribution is 2.19. The van der Waals surface area contributed by atoms with Crippen LogP contribution in [-0.4, -0.2) is 25.2 Å². The van der Waals surface area contributed by atoms with Crippen LogP contribution < -0.4 is 0 Å². The molecule has 0 amide bonds. The molecule has 0 fully saturated rings. The number of unbranched alkanes of at least 4 members (excludes halogenated alkanes) is 16. The van der Waals surface area contributed by atoms with E-state index in [9.17, 15) is 9.59 Å². The topological polar surface area (TPSA) is 52.6 Å². The van der Waals surface area contributed by atoms with Crippen LogP contribution in [0.4, 0.5) is 0 Å². The minimum Gasteiger partial charge on any atom is -0.466 e. The molecule has 0 aromatic carbocycles. The van der Waals surface area contributed by atoms with Gasteiger partial charge in [0.2, 0.25) is 0 Å². The van der Waals surface area contributed by atoms with Crippen LogP contribution in [0.25, 0.3) is 0 Å². The number of rotatable bonds is 27. The summed E-state index contributed by atoms with van der Waals surface area (Å²) in [6, 6.07) is 0. The summed E-state index contributed by atoms with van der Waals surface area (Å²) in [5.74, 6) is 0.487. The molecule has 0 bridgehead atoms. The first-order valence-corrected chi connectivity index (χ1v) is 15.4. The van der Waals surface area contributed by atoms with Crippen molar-refractivity contribution in [3.8, 4) is 0 Å². The maximum atomic E-state index is 12.0. The zero-order chi connectivity index (χ0) is 25.8. The van der Waals surface area contributed by atoms with E-state index in [1.165, 1.54) is 96.3 Å². The minimum atomic E-state index is -0.00973. The lowest BCUT2D eigenvalue weighted by Gasteiger charge is -2.14. The Labute approximate surface area is 218 Å². The Morgan fingerprint density at radius 3 is 1.43 bits per heavy atom. The van der Waals surface area contributed by atoms with Crippen molar-refractivity contribution in [1.29, 1.82) is 0 Å². The molecule has 0 aliphatic heterocycles. The van der Waals surface area contributed by atoms with Gasteiger partial charge in [-0.15, -0.1) is 0 Å². The lowest BCUT2D eigenvalue weighted by Crippen LogP contribution is -2.12. The molecule has 4 nitrogen and oxygen atoms in total. The molecule has 35 heavy (non-hydrogen) atoms. The normalized spacial score (nSPS) is 12.0. The molecule has 0 aliphatic carbocycles. The van der Waals surface area contributed by atoms with Crippen LogP contribution >= 0.6 is 0 Å². The van der Waals surface area contributed by atoms with Crippen LogP contribution in [0, 0.1) is 5.92 Å². The lowest BCUT2D eigenvalue weighted by molar-refractivity contribution is -0.145. The van der Waals surface area contributed by atoms with E-state index in [1.54, 1.807) is 0 Å². The number of carbonyl (C=O) groups excluding carboxylic acids is 2. The van der Waals surface area contributed by atoms with E-state index in [4.69, 9.17) is 9.47 Å². The van der Waals surface area contributed by atoms with Crippen molar-refractivity contribution in [3.63, 3.8) is 0 Å². The van der Waals surface area contributed by atoms with Crippen molar-refractivity contribution in [2.45, 2.75) is 168 Å². The van der Waals surface area contributed by atoms with Gasteiger partial charge in [0, 0.05) is 12.8 Å². The minimum absolute atomic E-state index is 0.00564. The van der Waals surface area contributed by atoms with Gasteiger partial charge in [-0.1, -0.05) is 130 Å². The fourth-order valence-corrected chi connectivity index (χ4v) is 4.54. The molecule has 0 saturated carbocycles. The molecule has 0 rings (SSSR count). The van der Waals surface area contributed by atoms with Gasteiger partial charge in [-0.25, -0.2) is 0 Å². The van der Waals surface area contributed by atoms with Crippen molar-refractivity contribution in [2.24, 2.45) is 5.92 Å². The number of ether oxygens (including phenoxy) is 2. The molecule has 208 valence electrons. The van der Waals surface area contributed by atoms with Gasteiger partial charge in [0.15, 0.2) is 0 Å². The van der Waals surface area contributed by atoms with Crippen LogP contribution in [-0.2, 0) is 19.1 Å². The number of carbonyl (C=O) groups is 2. The van der Waals surface area contributed by atoms with Crippen molar-refractivity contribution in [3.05, 3.63) is 0 Å². The second-order valence-electron chi connectivity index (χ2n) is 10.5. The van der Waals surface area contributed by atoms with Gasteiger partial charge < -0.3 is 9.47 Å². The maximum Gasteiger partial charge on any atom is 0.306 e. The Kier molecular flexibility index (Phi) is 26.7. The van der Waals surface area contributed by atoms with Gasteiger partial charge in [0.25, 0.3) is 0 Å². The molecule has 0 saturated heterocycles. The smallest absolute Gasteiger partial charge is 0.306 e. The predicted octanol–water partition coefficient (Wildman–Crippen LogP) is 9.72. The van der Waals surface area contributed by atoms with Crippen LogP contribution in [0.2, 0.25) is 0 Å². The Morgan fingerprint density at radius 2 is 0.943 bits per heavy atom. The molecule has 0 radical (unpaired) electrons. The quantitative estimate of drug-likeness (QED) is 0.0838. The van der Waals surface area contributed by atoms with E-state index < -0.39 is 0 Å². The molecule has 4 heteroatoms. The van der Waals surface area contributed by atoms with Crippen molar-refractivity contribution in [2.75, 3.05) is 13.2 Å². The Balaban J connectivity index is 3.40. The third kappa shape index (κ3) is 25.8. The van der Waals surface area contributed by atoms with E-state index in [-0.39, 0.29) is 11.9 Å². The third-order valence-electron chi connectivity index (χ3n) is 7.05. The second kappa shape index (κ2) is 27.5. The first-order valence-electron chi connectivity index (χ1n) is 15.4. The average Bonchev–Trinajstić information content (AvgIpc) is 2.85. The predicted molar refractivity (Wildman–Crippen MR) is 149 cm³/mol. The molecule has 0 aliphatic rings. The third-order valence-corrected chi connectivity index (χ3v) is 7.05. The summed E-state index contributed by atoms with van der Waals surface area (Å²) in [6.45, 7) is 7.78. The van der Waals surface area contributed by atoms with Crippen molar-refractivity contribution < 1.29 is 19.1 Å². The average molecular weight is 497 g/mol. The van der Waals surface area contributed by atoms with Gasteiger partial charge in [-0.3, -0.25) is 9.59 Å². The van der Waals surface area contributed by atoms with E-state index in [1.807, 2.05) is 0 Å². The fourth-order valence-electron chi connectivity index (χ4n) is 4.54. The summed E-state index contributed by atoms with van der Waals surface area (Å²) in [5, 5.41) is 0. The molecule has 0 N–H and O–H groups in total. The zero-order valence-corrected chi connectivity index (χ0v) is 23.9. The lowest BCUT2D eigenvalue weighted by atomic mass is 9.95. The number of hydrogen-bond acceptors (Lipinski definition) is 4. The first-order chi connectivity index (χ1) is 17.1. The second-order valence-corrected chi connectivity index (χ2v) is 10.5. The van der Waals surface area contributed by atoms with Gasteiger partial charge in [0.1, 0.15) is 0 Å². The Bertz CT molecular complexity index is 463. The van der Waals surface area contributed by atoms with Crippen LogP contribution in [0.3, 0.4) is 0 Å². The summed E-state index contributed by atoms with van der Waals surface area (Å²) < 4.78 is 10.7. The van der Waals surface area contributed by atoms with Crippen molar-refractivity contribution >= 4 is 11.9 Å². The first kappa shape index (κ1) is 33.9. The molecule has 1 unspecified atom stereocenters. The van der Waals surface area contributed by atoms with E-state index in [0.717, 1.165) is 38.5 Å². The van der Waals surface area contributed by atoms with E-state index in [2.05, 4.69) is 20.8 Å². The van der Waals surface area contributed by atoms with Gasteiger partial charge in [-0.05, 0) is 31.6 Å². The molecular formula is C31H60O4. The monoisotopic (exact) mass is 496 g/mol. The highest BCUT2D eigenvalue weighted by molar-refractivity contribution is 5.69. The maximum absolute atomic E-state index is 12.0. The summed E-state index contributed by atoms with van der Waals surface area (Å²) in [6.07, 6.45) is 26.5. The van der Waals surface area contributed by atoms with Crippen molar-refractivity contribution in [1.82, 2.24) is 0 Å². The fraction of sp³-hybridized carbons (Fsp3) is 0.935. The molecule has 0 heterocycles. The number of hydrogen-bond donors (Lipinski definition) is 0. The van der Waals surface area contributed by atoms with Gasteiger partial charge in [0.05, 0.1) is 13.2 Å². The summed E-state index contributed by atoms with van der Waals surface area (Å²) in [7, 11) is 0. The highest BCUT2D eigenvalue weighted by atomic mass is 16.5. The van der Waals surface area contributed by atoms with E-state index in [0.29, 0.717) is 32.0 Å².